The number of nitrogens with one attached hydrogen (secondary N) is 2. The van der Waals surface area contributed by atoms with Gasteiger partial charge in [-0.3, -0.25) is 9.59 Å². The van der Waals surface area contributed by atoms with Gasteiger partial charge in [-0.25, -0.2) is 0 Å². The van der Waals surface area contributed by atoms with Crippen molar-refractivity contribution in [2.75, 3.05) is 5.32 Å². The van der Waals surface area contributed by atoms with Gasteiger partial charge >= 0.3 is 18.0 Å². The molecule has 1 aromatic carbocycles. The van der Waals surface area contributed by atoms with Crippen LogP contribution in [0.5, 0.6) is 0 Å². The molecule has 1 fully saturated rings. The fourth-order valence-electron chi connectivity index (χ4n) is 1.50. The summed E-state index contributed by atoms with van der Waals surface area (Å²) in [5, 5.41) is 4.38. The monoisotopic (exact) mass is 272 g/mol. The van der Waals surface area contributed by atoms with Crippen LogP contribution < -0.4 is 10.6 Å². The number of carbonyl (C=O) groups is 2. The number of benzene rings is 1. The van der Waals surface area contributed by atoms with Gasteiger partial charge in [0.05, 0.1) is 11.3 Å². The molecule has 0 aliphatic heterocycles. The largest absolute Gasteiger partial charge is 0.418 e. The summed E-state index contributed by atoms with van der Waals surface area (Å²) >= 11 is 0. The molecule has 7 heteroatoms. The van der Waals surface area contributed by atoms with Crippen LogP contribution in [-0.4, -0.2) is 17.9 Å². The molecule has 0 spiro atoms. The van der Waals surface area contributed by atoms with E-state index in [1.165, 1.54) is 12.1 Å². The maximum atomic E-state index is 12.7. The number of hydrogen-bond donors (Lipinski definition) is 2. The Morgan fingerprint density at radius 3 is 2.32 bits per heavy atom. The number of hydrogen-bond acceptors (Lipinski definition) is 2. The molecule has 0 heterocycles. The lowest BCUT2D eigenvalue weighted by Gasteiger charge is -2.13. The van der Waals surface area contributed by atoms with Crippen LogP contribution in [0.25, 0.3) is 0 Å². The van der Waals surface area contributed by atoms with Crippen molar-refractivity contribution in [3.63, 3.8) is 0 Å². The first-order chi connectivity index (χ1) is 8.88. The third-order valence-corrected chi connectivity index (χ3v) is 2.60. The van der Waals surface area contributed by atoms with Crippen molar-refractivity contribution in [2.24, 2.45) is 0 Å². The van der Waals surface area contributed by atoms with Gasteiger partial charge in [0, 0.05) is 6.04 Å². The Morgan fingerprint density at radius 1 is 1.11 bits per heavy atom. The highest BCUT2D eigenvalue weighted by Crippen LogP contribution is 2.34. The van der Waals surface area contributed by atoms with Crippen LogP contribution in [0.4, 0.5) is 18.9 Å². The predicted octanol–water partition coefficient (Wildman–Crippen LogP) is 1.92. The predicted molar refractivity (Wildman–Crippen MR) is 61.2 cm³/mol. The zero-order valence-corrected chi connectivity index (χ0v) is 9.75. The van der Waals surface area contributed by atoms with E-state index in [0.717, 1.165) is 25.0 Å². The Hall–Kier alpha value is -2.05. The average Bonchev–Trinajstić information content (AvgIpc) is 3.12. The maximum Gasteiger partial charge on any atom is 0.418 e. The van der Waals surface area contributed by atoms with Crippen LogP contribution in [0.3, 0.4) is 0 Å². The van der Waals surface area contributed by atoms with Crippen LogP contribution in [-0.2, 0) is 15.8 Å². The van der Waals surface area contributed by atoms with E-state index in [2.05, 4.69) is 5.32 Å². The molecule has 0 bridgehead atoms. The lowest BCUT2D eigenvalue weighted by molar-refractivity contribution is -0.138. The molecular weight excluding hydrogens is 261 g/mol. The fourth-order valence-corrected chi connectivity index (χ4v) is 1.50. The number of amides is 2. The molecule has 1 aliphatic rings. The molecule has 102 valence electrons. The number of carbonyl (C=O) groups excluding carboxylic acids is 2. The number of rotatable bonds is 2. The van der Waals surface area contributed by atoms with E-state index in [1.54, 1.807) is 0 Å². The van der Waals surface area contributed by atoms with Gasteiger partial charge in [0.2, 0.25) is 0 Å². The van der Waals surface area contributed by atoms with Crippen LogP contribution >= 0.6 is 0 Å². The van der Waals surface area contributed by atoms with Crippen molar-refractivity contribution >= 4 is 17.5 Å². The minimum absolute atomic E-state index is 0.0314. The van der Waals surface area contributed by atoms with Gasteiger partial charge in [-0.15, -0.1) is 0 Å². The summed E-state index contributed by atoms with van der Waals surface area (Å²) in [5.41, 5.74) is -1.41. The number of alkyl halides is 3. The Labute approximate surface area is 107 Å². The highest BCUT2D eigenvalue weighted by Gasteiger charge is 2.34. The molecule has 1 saturated carbocycles. The van der Waals surface area contributed by atoms with Crippen LogP contribution in [0.1, 0.15) is 18.4 Å². The molecular formula is C12H11F3N2O2. The van der Waals surface area contributed by atoms with Gasteiger partial charge in [0.15, 0.2) is 0 Å². The summed E-state index contributed by atoms with van der Waals surface area (Å²) in [6.45, 7) is 0. The molecule has 0 unspecified atom stereocenters. The topological polar surface area (TPSA) is 58.2 Å². The smallest absolute Gasteiger partial charge is 0.345 e. The number of para-hydroxylation sites is 1. The maximum absolute atomic E-state index is 12.7. The first kappa shape index (κ1) is 13.4. The number of halogens is 3. The fraction of sp³-hybridized carbons (Fsp3) is 0.333. The van der Waals surface area contributed by atoms with E-state index >= 15 is 0 Å². The van der Waals surface area contributed by atoms with Crippen LogP contribution in [0.15, 0.2) is 24.3 Å². The van der Waals surface area contributed by atoms with E-state index < -0.39 is 29.2 Å². The van der Waals surface area contributed by atoms with Crippen molar-refractivity contribution in [3.05, 3.63) is 29.8 Å². The summed E-state index contributed by atoms with van der Waals surface area (Å²) < 4.78 is 38.0. The average molecular weight is 272 g/mol. The highest BCUT2D eigenvalue weighted by atomic mass is 19.4. The van der Waals surface area contributed by atoms with Gasteiger partial charge in [-0.05, 0) is 25.0 Å². The van der Waals surface area contributed by atoms with E-state index in [9.17, 15) is 22.8 Å². The minimum atomic E-state index is -4.59. The standard InChI is InChI=1S/C12H11F3N2O2/c13-12(14,15)8-3-1-2-4-9(8)17-11(19)10(18)16-7-5-6-7/h1-4,7H,5-6H2,(H,16,18)(H,17,19). The Kier molecular flexibility index (Phi) is 3.46. The van der Waals surface area contributed by atoms with E-state index in [1.807, 2.05) is 5.32 Å². The van der Waals surface area contributed by atoms with E-state index in [0.29, 0.717) is 0 Å². The van der Waals surface area contributed by atoms with Crippen LogP contribution in [0, 0.1) is 0 Å². The van der Waals surface area contributed by atoms with Crippen molar-refractivity contribution in [1.29, 1.82) is 0 Å². The molecule has 0 saturated heterocycles. The molecule has 2 rings (SSSR count). The third-order valence-electron chi connectivity index (χ3n) is 2.60. The lowest BCUT2D eigenvalue weighted by atomic mass is 10.1. The third kappa shape index (κ3) is 3.46. The van der Waals surface area contributed by atoms with Gasteiger partial charge in [-0.1, -0.05) is 12.1 Å². The number of anilines is 1. The molecule has 2 N–H and O–H groups in total. The molecule has 2 amide bonds. The molecule has 0 atom stereocenters. The molecule has 0 aromatic heterocycles. The Balaban J connectivity index is 2.09. The summed E-state index contributed by atoms with van der Waals surface area (Å²) in [4.78, 5) is 22.8. The SMILES string of the molecule is O=C(Nc1ccccc1C(F)(F)F)C(=O)NC1CC1. The van der Waals surface area contributed by atoms with Gasteiger partial charge in [0.1, 0.15) is 0 Å². The quantitative estimate of drug-likeness (QED) is 0.808. The molecule has 0 radical (unpaired) electrons. The lowest BCUT2D eigenvalue weighted by Crippen LogP contribution is -2.37. The summed E-state index contributed by atoms with van der Waals surface area (Å²) in [6.07, 6.45) is -3.01. The van der Waals surface area contributed by atoms with Crippen molar-refractivity contribution in [2.45, 2.75) is 25.1 Å². The van der Waals surface area contributed by atoms with Gasteiger partial charge in [-0.2, -0.15) is 13.2 Å². The van der Waals surface area contributed by atoms with Crippen molar-refractivity contribution in [3.8, 4) is 0 Å². The first-order valence-electron chi connectivity index (χ1n) is 5.66. The van der Waals surface area contributed by atoms with Crippen molar-refractivity contribution < 1.29 is 22.8 Å². The zero-order chi connectivity index (χ0) is 14.0. The molecule has 1 aromatic rings. The summed E-state index contributed by atoms with van der Waals surface area (Å²) in [6, 6.07) is 4.47. The molecule has 1 aliphatic carbocycles. The Bertz CT molecular complexity index is 510. The summed E-state index contributed by atoms with van der Waals surface area (Å²) in [5.74, 6) is -2.01. The highest BCUT2D eigenvalue weighted by molar-refractivity contribution is 6.39. The summed E-state index contributed by atoms with van der Waals surface area (Å²) in [7, 11) is 0. The Morgan fingerprint density at radius 2 is 1.74 bits per heavy atom. The second-order valence-electron chi connectivity index (χ2n) is 4.25. The molecule has 4 nitrogen and oxygen atoms in total. The second kappa shape index (κ2) is 4.91. The van der Waals surface area contributed by atoms with E-state index in [4.69, 9.17) is 0 Å². The van der Waals surface area contributed by atoms with Crippen molar-refractivity contribution in [1.82, 2.24) is 5.32 Å². The van der Waals surface area contributed by atoms with Gasteiger partial charge in [0.25, 0.3) is 0 Å². The van der Waals surface area contributed by atoms with Crippen LogP contribution in [0.2, 0.25) is 0 Å². The second-order valence-corrected chi connectivity index (χ2v) is 4.25. The van der Waals surface area contributed by atoms with Gasteiger partial charge < -0.3 is 10.6 Å². The zero-order valence-electron chi connectivity index (χ0n) is 9.75. The first-order valence-corrected chi connectivity index (χ1v) is 5.66. The van der Waals surface area contributed by atoms with E-state index in [-0.39, 0.29) is 6.04 Å². The minimum Gasteiger partial charge on any atom is -0.345 e. The molecule has 19 heavy (non-hydrogen) atoms. The normalized spacial score (nSPS) is 14.9.